The van der Waals surface area contributed by atoms with Crippen molar-refractivity contribution in [1.29, 1.82) is 0 Å². The maximum absolute atomic E-state index is 13.9. The van der Waals surface area contributed by atoms with Crippen LogP contribution in [0.2, 0.25) is 0 Å². The number of carbonyl (C=O) groups excluding carboxylic acids is 4. The van der Waals surface area contributed by atoms with Gasteiger partial charge >= 0.3 is 5.97 Å². The van der Waals surface area contributed by atoms with E-state index in [0.717, 1.165) is 9.75 Å². The Labute approximate surface area is 268 Å². The van der Waals surface area contributed by atoms with Crippen LogP contribution in [0.1, 0.15) is 61.8 Å². The van der Waals surface area contributed by atoms with Gasteiger partial charge in [0.2, 0.25) is 11.8 Å². The number of methoxy groups -OCH3 is 1. The predicted molar refractivity (Wildman–Crippen MR) is 171 cm³/mol. The Morgan fingerprint density at radius 2 is 1.89 bits per heavy atom. The van der Waals surface area contributed by atoms with Crippen LogP contribution in [0.4, 0.5) is 0 Å². The molecular formula is C33H44N4O7S. The van der Waals surface area contributed by atoms with Gasteiger partial charge in [0.05, 0.1) is 12.0 Å². The van der Waals surface area contributed by atoms with Gasteiger partial charge in [0.15, 0.2) is 0 Å². The Hall–Kier alpha value is -3.74. The van der Waals surface area contributed by atoms with Gasteiger partial charge in [0, 0.05) is 29.8 Å². The highest BCUT2D eigenvalue weighted by Gasteiger charge is 2.36. The largest absolute Gasteiger partial charge is 0.508 e. The normalized spacial score (nSPS) is 26.7. The summed E-state index contributed by atoms with van der Waals surface area (Å²) in [4.78, 5) is 55.9. The zero-order valence-electron chi connectivity index (χ0n) is 26.3. The molecule has 0 saturated carbocycles. The number of cyclic esters (lactones) is 1. The summed E-state index contributed by atoms with van der Waals surface area (Å²) in [6.45, 7) is 5.87. The first-order valence-corrected chi connectivity index (χ1v) is 16.3. The Bertz CT molecular complexity index is 1380. The number of allylic oxidation sites excluding steroid dienone is 1. The molecule has 1 saturated heterocycles. The Kier molecular flexibility index (Phi) is 12.1. The molecule has 244 valence electrons. The summed E-state index contributed by atoms with van der Waals surface area (Å²) >= 11 is 1.52. The highest BCUT2D eigenvalue weighted by atomic mass is 32.1. The maximum atomic E-state index is 13.9. The van der Waals surface area contributed by atoms with E-state index in [9.17, 15) is 24.3 Å². The molecule has 12 heteroatoms. The van der Waals surface area contributed by atoms with Gasteiger partial charge in [0.1, 0.15) is 30.5 Å². The number of carbonyl (C=O) groups is 4. The highest BCUT2D eigenvalue weighted by molar-refractivity contribution is 7.12. The summed E-state index contributed by atoms with van der Waals surface area (Å²) in [6, 6.07) is 7.67. The number of aromatic hydroxyl groups is 1. The van der Waals surface area contributed by atoms with Crippen LogP contribution in [-0.2, 0) is 41.7 Å². The number of amides is 3. The van der Waals surface area contributed by atoms with Crippen molar-refractivity contribution in [2.24, 2.45) is 11.8 Å². The third-order valence-corrected chi connectivity index (χ3v) is 9.19. The fourth-order valence-corrected chi connectivity index (χ4v) is 6.37. The monoisotopic (exact) mass is 640 g/mol. The van der Waals surface area contributed by atoms with Crippen molar-refractivity contribution in [1.82, 2.24) is 21.1 Å². The first kappa shape index (κ1) is 34.1. The molecule has 0 aliphatic carbocycles. The van der Waals surface area contributed by atoms with E-state index in [4.69, 9.17) is 9.47 Å². The van der Waals surface area contributed by atoms with Gasteiger partial charge in [-0.15, -0.1) is 11.3 Å². The average Bonchev–Trinajstić information content (AvgIpc) is 3.48. The lowest BCUT2D eigenvalue weighted by molar-refractivity contribution is -0.154. The topological polar surface area (TPSA) is 146 Å². The number of nitrogens with one attached hydrogen (secondary N) is 3. The summed E-state index contributed by atoms with van der Waals surface area (Å²) in [6.07, 6.45) is 6.06. The molecule has 2 aromatic rings. The first-order chi connectivity index (χ1) is 21.5. The molecule has 1 unspecified atom stereocenters. The predicted octanol–water partition coefficient (Wildman–Crippen LogP) is 3.32. The van der Waals surface area contributed by atoms with E-state index in [2.05, 4.69) is 16.1 Å². The smallest absolute Gasteiger partial charge is 0.325 e. The van der Waals surface area contributed by atoms with E-state index >= 15 is 0 Å². The van der Waals surface area contributed by atoms with E-state index in [1.165, 1.54) is 28.5 Å². The van der Waals surface area contributed by atoms with Crippen LogP contribution in [0.15, 0.2) is 42.5 Å². The van der Waals surface area contributed by atoms with Crippen LogP contribution in [0.25, 0.3) is 6.08 Å². The lowest BCUT2D eigenvalue weighted by Gasteiger charge is -2.35. The van der Waals surface area contributed by atoms with Crippen LogP contribution in [-0.4, -0.2) is 71.7 Å². The van der Waals surface area contributed by atoms with Crippen LogP contribution >= 0.6 is 11.3 Å². The lowest BCUT2D eigenvalue weighted by atomic mass is 9.96. The van der Waals surface area contributed by atoms with Crippen LogP contribution in [0, 0.1) is 11.8 Å². The van der Waals surface area contributed by atoms with E-state index in [0.29, 0.717) is 37.8 Å². The molecule has 1 fully saturated rings. The minimum Gasteiger partial charge on any atom is -0.508 e. The van der Waals surface area contributed by atoms with Gasteiger partial charge in [0.25, 0.3) is 5.91 Å². The van der Waals surface area contributed by atoms with E-state index < -0.39 is 41.8 Å². The number of nitrogens with zero attached hydrogens (tertiary/aromatic N) is 1. The molecule has 0 radical (unpaired) electrons. The summed E-state index contributed by atoms with van der Waals surface area (Å²) in [7, 11) is 1.57. The summed E-state index contributed by atoms with van der Waals surface area (Å²) in [5.41, 5.74) is 3.64. The third kappa shape index (κ3) is 9.38. The number of phenolic OH excluding ortho intramolecular Hbond substituents is 1. The summed E-state index contributed by atoms with van der Waals surface area (Å²) in [5.74, 6) is -2.51. The van der Waals surface area contributed by atoms with Gasteiger partial charge in [-0.05, 0) is 67.5 Å². The van der Waals surface area contributed by atoms with Gasteiger partial charge in [-0.3, -0.25) is 24.2 Å². The molecular weight excluding hydrogens is 596 g/mol. The van der Waals surface area contributed by atoms with Crippen molar-refractivity contribution < 1.29 is 33.8 Å². The van der Waals surface area contributed by atoms with Crippen LogP contribution in [0.3, 0.4) is 0 Å². The highest BCUT2D eigenvalue weighted by Crippen LogP contribution is 2.22. The molecule has 11 nitrogen and oxygen atoms in total. The van der Waals surface area contributed by atoms with Crippen molar-refractivity contribution in [3.8, 4) is 5.75 Å². The first-order valence-electron chi connectivity index (χ1n) is 15.5. The number of esters is 1. The molecule has 4 rings (SSSR count). The van der Waals surface area contributed by atoms with Gasteiger partial charge in [-0.1, -0.05) is 39.0 Å². The van der Waals surface area contributed by atoms with Gasteiger partial charge in [-0.2, -0.15) is 0 Å². The molecule has 3 amide bonds. The van der Waals surface area contributed by atoms with Gasteiger partial charge in [-0.25, -0.2) is 5.43 Å². The SMILES string of the molecule is CO[C@@H]1CC/C=C/c2ccc(s2)COC(=O)[C@@H]2CCCN(N2)C(=O)[C@H](Cc2cccc(O)c2)NC(=O)C(C(C)C)NC(=O)[C@@H]1C. The Balaban J connectivity index is 1.63. The van der Waals surface area contributed by atoms with Gasteiger partial charge < -0.3 is 25.2 Å². The van der Waals surface area contributed by atoms with E-state index in [-0.39, 0.29) is 36.7 Å². The number of ether oxygens (including phenoxy) is 2. The fourth-order valence-electron chi connectivity index (χ4n) is 5.51. The summed E-state index contributed by atoms with van der Waals surface area (Å²) < 4.78 is 11.3. The molecule has 2 aliphatic rings. The average molecular weight is 641 g/mol. The van der Waals surface area contributed by atoms with Crippen molar-refractivity contribution >= 4 is 41.1 Å². The fraction of sp³-hybridized carbons (Fsp3) is 0.515. The molecule has 2 aliphatic heterocycles. The molecule has 4 bridgehead atoms. The second-order valence-corrected chi connectivity index (χ2v) is 13.1. The van der Waals surface area contributed by atoms with Crippen LogP contribution < -0.4 is 16.1 Å². The zero-order chi connectivity index (χ0) is 32.5. The van der Waals surface area contributed by atoms with Crippen molar-refractivity contribution in [3.63, 3.8) is 0 Å². The number of fused-ring (bicyclic) bond motifs is 4. The van der Waals surface area contributed by atoms with Crippen LogP contribution in [0.5, 0.6) is 5.75 Å². The van der Waals surface area contributed by atoms with E-state index in [1.807, 2.05) is 38.1 Å². The number of hydrogen-bond acceptors (Lipinski definition) is 9. The number of hydrazine groups is 1. The Morgan fingerprint density at radius 3 is 2.62 bits per heavy atom. The molecule has 5 atom stereocenters. The number of benzene rings is 1. The van der Waals surface area contributed by atoms with Crippen molar-refractivity contribution in [3.05, 3.63) is 57.8 Å². The second kappa shape index (κ2) is 16.0. The van der Waals surface area contributed by atoms with E-state index in [1.54, 1.807) is 26.2 Å². The van der Waals surface area contributed by atoms with Crippen molar-refractivity contribution in [2.45, 2.75) is 83.7 Å². The maximum Gasteiger partial charge on any atom is 0.325 e. The molecule has 1 aromatic heterocycles. The third-order valence-electron chi connectivity index (χ3n) is 8.16. The number of hydrogen-bond donors (Lipinski definition) is 4. The molecule has 0 spiro atoms. The molecule has 4 N–H and O–H groups in total. The number of rotatable bonds is 4. The Morgan fingerprint density at radius 1 is 1.09 bits per heavy atom. The number of phenols is 1. The molecule has 3 heterocycles. The molecule has 45 heavy (non-hydrogen) atoms. The molecule has 1 aromatic carbocycles. The second-order valence-electron chi connectivity index (χ2n) is 11.9. The van der Waals surface area contributed by atoms with Crippen molar-refractivity contribution in [2.75, 3.05) is 13.7 Å². The zero-order valence-corrected chi connectivity index (χ0v) is 27.1. The standard InChI is InChI=1S/C33H44N4O7S/c1-20(2)29-31(40)34-27(18-22-9-7-10-23(38)17-22)32(41)37-16-8-12-26(36-37)33(42)44-19-25-15-14-24(45-25)11-5-6-13-28(43-4)21(3)30(39)35-29/h5,7,9-11,14-15,17,20-21,26-29,36,38H,6,8,12-13,16,18-19H2,1-4H3,(H,34,40)(H,35,39)/b11-5+/t21-,26+,27+,28-,29?/m1/s1. The lowest BCUT2D eigenvalue weighted by Crippen LogP contribution is -2.62. The minimum absolute atomic E-state index is 0.0333. The quantitative estimate of drug-likeness (QED) is 0.373. The minimum atomic E-state index is -1.04. The number of thiophene rings is 1. The summed E-state index contributed by atoms with van der Waals surface area (Å²) in [5, 5.41) is 17.1.